The van der Waals surface area contributed by atoms with E-state index in [1.807, 2.05) is 25.1 Å². The van der Waals surface area contributed by atoms with Gasteiger partial charge in [0.1, 0.15) is 0 Å². The third-order valence-corrected chi connectivity index (χ3v) is 1.71. The molecule has 0 atom stereocenters. The van der Waals surface area contributed by atoms with Gasteiger partial charge in [-0.05, 0) is 19.4 Å². The molecule has 0 bridgehead atoms. The number of hydrogen-bond acceptors (Lipinski definition) is 3. The van der Waals surface area contributed by atoms with Gasteiger partial charge in [0.05, 0.1) is 18.5 Å². The molecule has 3 nitrogen and oxygen atoms in total. The third-order valence-electron chi connectivity index (χ3n) is 1.71. The van der Waals surface area contributed by atoms with Gasteiger partial charge >= 0.3 is 0 Å². The van der Waals surface area contributed by atoms with E-state index in [4.69, 9.17) is 4.74 Å². The number of rotatable bonds is 6. The lowest BCUT2D eigenvalue weighted by molar-refractivity contribution is 0.327. The van der Waals surface area contributed by atoms with E-state index in [1.54, 1.807) is 6.20 Å². The number of pyridine rings is 1. The van der Waals surface area contributed by atoms with E-state index >= 15 is 0 Å². The van der Waals surface area contributed by atoms with Crippen molar-refractivity contribution in [1.82, 2.24) is 4.98 Å². The van der Waals surface area contributed by atoms with Crippen LogP contribution in [0.3, 0.4) is 0 Å². The highest BCUT2D eigenvalue weighted by Gasteiger charge is 1.94. The maximum absolute atomic E-state index is 5.23. The van der Waals surface area contributed by atoms with Gasteiger partial charge in [-0.25, -0.2) is 4.98 Å². The van der Waals surface area contributed by atoms with E-state index in [-0.39, 0.29) is 0 Å². The van der Waals surface area contributed by atoms with Crippen LogP contribution < -0.4 is 10.1 Å². The first-order valence-electron chi connectivity index (χ1n) is 4.80. The van der Waals surface area contributed by atoms with Crippen molar-refractivity contribution in [1.29, 1.82) is 0 Å². The molecule has 0 saturated carbocycles. The molecule has 1 heterocycles. The minimum Gasteiger partial charge on any atom is -0.478 e. The Hall–Kier alpha value is -1.51. The predicted octanol–water partition coefficient (Wildman–Crippen LogP) is 2.47. The topological polar surface area (TPSA) is 34.1 Å². The maximum Gasteiger partial charge on any atom is 0.213 e. The molecule has 1 aromatic heterocycles. The summed E-state index contributed by atoms with van der Waals surface area (Å²) in [5.41, 5.74) is 1.01. The van der Waals surface area contributed by atoms with Crippen molar-refractivity contribution < 1.29 is 4.74 Å². The monoisotopic (exact) mass is 192 g/mol. The average Bonchev–Trinajstić information content (AvgIpc) is 2.21. The smallest absolute Gasteiger partial charge is 0.213 e. The van der Waals surface area contributed by atoms with E-state index in [0.717, 1.165) is 18.7 Å². The molecular weight excluding hydrogens is 176 g/mol. The van der Waals surface area contributed by atoms with Crippen LogP contribution in [0.25, 0.3) is 0 Å². The Morgan fingerprint density at radius 1 is 1.57 bits per heavy atom. The van der Waals surface area contributed by atoms with Crippen molar-refractivity contribution in [3.8, 4) is 5.88 Å². The van der Waals surface area contributed by atoms with Crippen molar-refractivity contribution >= 4 is 5.69 Å². The summed E-state index contributed by atoms with van der Waals surface area (Å²) < 4.78 is 5.23. The van der Waals surface area contributed by atoms with Crippen LogP contribution in [0.5, 0.6) is 5.88 Å². The first-order valence-corrected chi connectivity index (χ1v) is 4.80. The molecule has 76 valence electrons. The van der Waals surface area contributed by atoms with Crippen molar-refractivity contribution in [3.05, 3.63) is 31.0 Å². The standard InChI is InChI=1S/C11H16N2O/c1-3-5-8-12-10-6-7-11(13-9-10)14-4-2/h3,6-7,9,12H,1,4-5,8H2,2H3. The first kappa shape index (κ1) is 10.6. The highest BCUT2D eigenvalue weighted by molar-refractivity contribution is 5.41. The molecule has 0 amide bonds. The minimum atomic E-state index is 0.649. The zero-order valence-corrected chi connectivity index (χ0v) is 8.49. The van der Waals surface area contributed by atoms with Gasteiger partial charge in [0, 0.05) is 12.6 Å². The summed E-state index contributed by atoms with van der Waals surface area (Å²) in [4.78, 5) is 4.14. The molecule has 0 unspecified atom stereocenters. The van der Waals surface area contributed by atoms with Crippen LogP contribution in [0.2, 0.25) is 0 Å². The molecule has 0 saturated heterocycles. The van der Waals surface area contributed by atoms with Gasteiger partial charge in [-0.15, -0.1) is 6.58 Å². The van der Waals surface area contributed by atoms with Crippen LogP contribution in [0.4, 0.5) is 5.69 Å². The van der Waals surface area contributed by atoms with Crippen molar-refractivity contribution in [2.24, 2.45) is 0 Å². The lowest BCUT2D eigenvalue weighted by Gasteiger charge is -2.05. The Morgan fingerprint density at radius 2 is 2.43 bits per heavy atom. The Morgan fingerprint density at radius 3 is 3.00 bits per heavy atom. The van der Waals surface area contributed by atoms with Crippen LogP contribution in [-0.2, 0) is 0 Å². The summed E-state index contributed by atoms with van der Waals surface area (Å²) in [6.45, 7) is 7.13. The highest BCUT2D eigenvalue weighted by Crippen LogP contribution is 2.11. The number of aromatic nitrogens is 1. The number of ether oxygens (including phenoxy) is 1. The summed E-state index contributed by atoms with van der Waals surface area (Å²) >= 11 is 0. The van der Waals surface area contributed by atoms with Gasteiger partial charge in [-0.2, -0.15) is 0 Å². The van der Waals surface area contributed by atoms with Gasteiger partial charge in [-0.1, -0.05) is 6.08 Å². The largest absolute Gasteiger partial charge is 0.478 e. The zero-order chi connectivity index (χ0) is 10.2. The Balaban J connectivity index is 2.42. The second-order valence-corrected chi connectivity index (χ2v) is 2.82. The Labute approximate surface area is 84.8 Å². The Kier molecular flexibility index (Phi) is 4.55. The van der Waals surface area contributed by atoms with E-state index in [2.05, 4.69) is 16.9 Å². The van der Waals surface area contributed by atoms with Crippen molar-refractivity contribution in [2.45, 2.75) is 13.3 Å². The number of hydrogen-bond donors (Lipinski definition) is 1. The summed E-state index contributed by atoms with van der Waals surface area (Å²) in [5, 5.41) is 3.23. The average molecular weight is 192 g/mol. The first-order chi connectivity index (χ1) is 6.86. The molecule has 1 rings (SSSR count). The molecule has 14 heavy (non-hydrogen) atoms. The molecule has 0 aliphatic heterocycles. The molecule has 0 aliphatic rings. The van der Waals surface area contributed by atoms with E-state index in [9.17, 15) is 0 Å². The second-order valence-electron chi connectivity index (χ2n) is 2.82. The van der Waals surface area contributed by atoms with Crippen LogP contribution in [-0.4, -0.2) is 18.1 Å². The fraction of sp³-hybridized carbons (Fsp3) is 0.364. The zero-order valence-electron chi connectivity index (χ0n) is 8.49. The molecule has 3 heteroatoms. The second kappa shape index (κ2) is 6.02. The fourth-order valence-corrected chi connectivity index (χ4v) is 1.04. The lowest BCUT2D eigenvalue weighted by atomic mass is 10.3. The quantitative estimate of drug-likeness (QED) is 0.555. The molecule has 0 aromatic carbocycles. The van der Waals surface area contributed by atoms with Crippen LogP contribution in [0.15, 0.2) is 31.0 Å². The number of nitrogens with zero attached hydrogens (tertiary/aromatic N) is 1. The minimum absolute atomic E-state index is 0.649. The van der Waals surface area contributed by atoms with Gasteiger partial charge in [0.2, 0.25) is 5.88 Å². The van der Waals surface area contributed by atoms with E-state index < -0.39 is 0 Å². The molecule has 0 radical (unpaired) electrons. The normalized spacial score (nSPS) is 9.50. The van der Waals surface area contributed by atoms with Gasteiger partial charge in [-0.3, -0.25) is 0 Å². The maximum atomic E-state index is 5.23. The van der Waals surface area contributed by atoms with E-state index in [0.29, 0.717) is 12.5 Å². The Bertz CT molecular complexity index is 269. The molecule has 0 fully saturated rings. The third kappa shape index (κ3) is 3.47. The van der Waals surface area contributed by atoms with Crippen LogP contribution in [0, 0.1) is 0 Å². The summed E-state index contributed by atoms with van der Waals surface area (Å²) in [6.07, 6.45) is 4.61. The summed E-state index contributed by atoms with van der Waals surface area (Å²) in [5.74, 6) is 0.668. The van der Waals surface area contributed by atoms with Crippen molar-refractivity contribution in [3.63, 3.8) is 0 Å². The molecule has 0 spiro atoms. The summed E-state index contributed by atoms with van der Waals surface area (Å²) in [7, 11) is 0. The molecular formula is C11H16N2O. The SMILES string of the molecule is C=CCCNc1ccc(OCC)nc1. The number of nitrogens with one attached hydrogen (secondary N) is 1. The fourth-order valence-electron chi connectivity index (χ4n) is 1.04. The van der Waals surface area contributed by atoms with Gasteiger partial charge in [0.25, 0.3) is 0 Å². The van der Waals surface area contributed by atoms with Crippen LogP contribution >= 0.6 is 0 Å². The molecule has 0 aliphatic carbocycles. The van der Waals surface area contributed by atoms with Gasteiger partial charge < -0.3 is 10.1 Å². The predicted molar refractivity (Wildman–Crippen MR) is 58.7 cm³/mol. The lowest BCUT2D eigenvalue weighted by Crippen LogP contribution is -2.01. The van der Waals surface area contributed by atoms with Crippen LogP contribution in [0.1, 0.15) is 13.3 Å². The molecule has 1 N–H and O–H groups in total. The van der Waals surface area contributed by atoms with Crippen molar-refractivity contribution in [2.75, 3.05) is 18.5 Å². The summed E-state index contributed by atoms with van der Waals surface area (Å²) in [6, 6.07) is 3.82. The molecule has 1 aromatic rings. The highest BCUT2D eigenvalue weighted by atomic mass is 16.5. The number of anilines is 1. The van der Waals surface area contributed by atoms with Gasteiger partial charge in [0.15, 0.2) is 0 Å². The van der Waals surface area contributed by atoms with E-state index in [1.165, 1.54) is 0 Å².